The molecule has 0 spiro atoms. The summed E-state index contributed by atoms with van der Waals surface area (Å²) in [5.74, 6) is 0.832. The zero-order chi connectivity index (χ0) is 12.5. The largest absolute Gasteiger partial charge is 0.457 e. The summed E-state index contributed by atoms with van der Waals surface area (Å²) in [5.41, 5.74) is 2.42. The maximum Gasteiger partial charge on any atom is 0.175 e. The molecule has 0 aromatic carbocycles. The maximum absolute atomic E-state index is 6.00. The van der Waals surface area contributed by atoms with E-state index in [4.69, 9.17) is 16.0 Å². The molecule has 3 heterocycles. The van der Waals surface area contributed by atoms with Crippen LogP contribution in [0, 0.1) is 6.92 Å². The number of pyridine rings is 1. The molecule has 3 aromatic rings. The van der Waals surface area contributed by atoms with Gasteiger partial charge in [0.2, 0.25) is 0 Å². The first-order chi connectivity index (χ1) is 8.72. The molecule has 0 radical (unpaired) electrons. The molecule has 5 heteroatoms. The van der Waals surface area contributed by atoms with Gasteiger partial charge in [-0.3, -0.25) is 0 Å². The van der Waals surface area contributed by atoms with E-state index in [-0.39, 0.29) is 0 Å². The molecule has 0 aliphatic rings. The topological polar surface area (TPSA) is 38.1 Å². The molecule has 3 aromatic heterocycles. The molecule has 3 rings (SSSR count). The lowest BCUT2D eigenvalue weighted by atomic mass is 10.3. The molecule has 0 saturated carbocycles. The number of aryl methyl sites for hydroxylation is 1. The predicted molar refractivity (Wildman–Crippen MR) is 75.4 cm³/mol. The average Bonchev–Trinajstić information content (AvgIpc) is 2.93. The van der Waals surface area contributed by atoms with Crippen LogP contribution in [0.25, 0.3) is 11.1 Å². The molecule has 92 valence electrons. The van der Waals surface area contributed by atoms with Crippen molar-refractivity contribution in [2.45, 2.75) is 13.5 Å². The second-order valence-electron chi connectivity index (χ2n) is 4.00. The number of hydrogen-bond acceptors (Lipinski definition) is 4. The van der Waals surface area contributed by atoms with E-state index in [0.717, 1.165) is 29.1 Å². The van der Waals surface area contributed by atoms with Crippen molar-refractivity contribution in [2.75, 3.05) is 5.32 Å². The molecule has 0 unspecified atom stereocenters. The van der Waals surface area contributed by atoms with Crippen LogP contribution in [0.2, 0.25) is 5.15 Å². The minimum atomic E-state index is 0.469. The molecule has 0 aliphatic heterocycles. The number of nitrogens with one attached hydrogen (secondary N) is 1. The van der Waals surface area contributed by atoms with Gasteiger partial charge < -0.3 is 9.73 Å². The van der Waals surface area contributed by atoms with E-state index in [1.54, 1.807) is 17.4 Å². The van der Waals surface area contributed by atoms with Crippen molar-refractivity contribution in [3.05, 3.63) is 45.4 Å². The maximum atomic E-state index is 6.00. The van der Waals surface area contributed by atoms with Crippen LogP contribution >= 0.6 is 22.9 Å². The molecular weight excluding hydrogens is 268 g/mol. The van der Waals surface area contributed by atoms with Crippen LogP contribution < -0.4 is 5.32 Å². The van der Waals surface area contributed by atoms with Crippen LogP contribution in [0.15, 0.2) is 34.1 Å². The first kappa shape index (κ1) is 11.6. The molecule has 0 saturated heterocycles. The van der Waals surface area contributed by atoms with Gasteiger partial charge in [0.1, 0.15) is 16.4 Å². The quantitative estimate of drug-likeness (QED) is 0.719. The zero-order valence-electron chi connectivity index (χ0n) is 9.74. The third kappa shape index (κ3) is 2.21. The van der Waals surface area contributed by atoms with Gasteiger partial charge in [0, 0.05) is 23.6 Å². The summed E-state index contributed by atoms with van der Waals surface area (Å²) in [6.07, 6.45) is 0. The monoisotopic (exact) mass is 278 g/mol. The molecule has 0 atom stereocenters. The van der Waals surface area contributed by atoms with Gasteiger partial charge in [-0.2, -0.15) is 0 Å². The fourth-order valence-corrected chi connectivity index (χ4v) is 2.68. The highest BCUT2D eigenvalue weighted by molar-refractivity contribution is 7.09. The van der Waals surface area contributed by atoms with Crippen LogP contribution in [0.4, 0.5) is 5.69 Å². The normalized spacial score (nSPS) is 11.0. The van der Waals surface area contributed by atoms with Crippen LogP contribution in [0.1, 0.15) is 10.6 Å². The second-order valence-corrected chi connectivity index (χ2v) is 5.42. The molecule has 0 fully saturated rings. The SMILES string of the molecule is Cc1cc2nc(Cl)cc(NCc3cccs3)c2o1. The summed E-state index contributed by atoms with van der Waals surface area (Å²) in [7, 11) is 0. The number of aromatic nitrogens is 1. The highest BCUT2D eigenvalue weighted by atomic mass is 35.5. The zero-order valence-corrected chi connectivity index (χ0v) is 11.3. The molecule has 0 amide bonds. The van der Waals surface area contributed by atoms with Gasteiger partial charge in [-0.05, 0) is 18.4 Å². The molecule has 18 heavy (non-hydrogen) atoms. The van der Waals surface area contributed by atoms with Gasteiger partial charge in [-0.25, -0.2) is 4.98 Å². The molecule has 3 nitrogen and oxygen atoms in total. The lowest BCUT2D eigenvalue weighted by Gasteiger charge is -2.05. The van der Waals surface area contributed by atoms with Gasteiger partial charge in [0.25, 0.3) is 0 Å². The van der Waals surface area contributed by atoms with Gasteiger partial charge in [0.15, 0.2) is 5.58 Å². The Bertz CT molecular complexity index is 676. The smallest absolute Gasteiger partial charge is 0.175 e. The van der Waals surface area contributed by atoms with Crippen LogP contribution in [-0.4, -0.2) is 4.98 Å². The lowest BCUT2D eigenvalue weighted by Crippen LogP contribution is -1.98. The minimum Gasteiger partial charge on any atom is -0.457 e. The first-order valence-corrected chi connectivity index (χ1v) is 6.81. The van der Waals surface area contributed by atoms with Crippen molar-refractivity contribution in [3.63, 3.8) is 0 Å². The number of fused-ring (bicyclic) bond motifs is 1. The Hall–Kier alpha value is -1.52. The number of furan rings is 1. The highest BCUT2D eigenvalue weighted by Gasteiger charge is 2.09. The second kappa shape index (κ2) is 4.63. The number of nitrogens with zero attached hydrogens (tertiary/aromatic N) is 1. The summed E-state index contributed by atoms with van der Waals surface area (Å²) in [6.45, 7) is 2.66. The van der Waals surface area contributed by atoms with Crippen molar-refractivity contribution < 1.29 is 4.42 Å². The summed E-state index contributed by atoms with van der Waals surface area (Å²) in [5, 5.41) is 5.86. The Morgan fingerprint density at radius 2 is 2.33 bits per heavy atom. The van der Waals surface area contributed by atoms with Gasteiger partial charge in [0.05, 0.1) is 5.69 Å². The lowest BCUT2D eigenvalue weighted by molar-refractivity contribution is 0.579. The minimum absolute atomic E-state index is 0.469. The van der Waals surface area contributed by atoms with Crippen LogP contribution in [-0.2, 0) is 6.54 Å². The molecule has 0 bridgehead atoms. The van der Waals surface area contributed by atoms with Crippen molar-refractivity contribution in [1.29, 1.82) is 0 Å². The molecular formula is C13H11ClN2OS. The highest BCUT2D eigenvalue weighted by Crippen LogP contribution is 2.28. The van der Waals surface area contributed by atoms with Crippen molar-refractivity contribution in [1.82, 2.24) is 4.98 Å². The van der Waals surface area contributed by atoms with E-state index >= 15 is 0 Å². The van der Waals surface area contributed by atoms with E-state index in [2.05, 4.69) is 21.7 Å². The van der Waals surface area contributed by atoms with E-state index in [1.165, 1.54) is 4.88 Å². The third-order valence-electron chi connectivity index (χ3n) is 2.60. The molecule has 1 N–H and O–H groups in total. The number of hydrogen-bond donors (Lipinski definition) is 1. The third-order valence-corrected chi connectivity index (χ3v) is 3.67. The van der Waals surface area contributed by atoms with Crippen LogP contribution in [0.5, 0.6) is 0 Å². The van der Waals surface area contributed by atoms with E-state index < -0.39 is 0 Å². The Morgan fingerprint density at radius 1 is 1.44 bits per heavy atom. The Morgan fingerprint density at radius 3 is 3.11 bits per heavy atom. The Labute approximate surface area is 113 Å². The standard InChI is InChI=1S/C13H11ClN2OS/c1-8-5-11-13(17-8)10(6-12(14)16-11)15-7-9-3-2-4-18-9/h2-6H,7H2,1H3,(H,15,16). The van der Waals surface area contributed by atoms with Crippen molar-refractivity contribution >= 4 is 39.7 Å². The number of halogens is 1. The number of rotatable bonds is 3. The fraction of sp³-hybridized carbons (Fsp3) is 0.154. The Kier molecular flexibility index (Phi) is 2.97. The number of anilines is 1. The van der Waals surface area contributed by atoms with E-state index in [9.17, 15) is 0 Å². The fourth-order valence-electron chi connectivity index (χ4n) is 1.84. The average molecular weight is 279 g/mol. The molecule has 0 aliphatic carbocycles. The summed E-state index contributed by atoms with van der Waals surface area (Å²) < 4.78 is 5.64. The number of thiophene rings is 1. The Balaban J connectivity index is 1.95. The van der Waals surface area contributed by atoms with Gasteiger partial charge in [-0.1, -0.05) is 17.7 Å². The van der Waals surface area contributed by atoms with E-state index in [1.807, 2.05) is 19.1 Å². The van der Waals surface area contributed by atoms with Crippen molar-refractivity contribution in [2.24, 2.45) is 0 Å². The first-order valence-electron chi connectivity index (χ1n) is 5.55. The summed E-state index contributed by atoms with van der Waals surface area (Å²) in [4.78, 5) is 5.50. The van der Waals surface area contributed by atoms with Gasteiger partial charge >= 0.3 is 0 Å². The van der Waals surface area contributed by atoms with Crippen molar-refractivity contribution in [3.8, 4) is 0 Å². The predicted octanol–water partition coefficient (Wildman–Crippen LogP) is 4.46. The van der Waals surface area contributed by atoms with Crippen LogP contribution in [0.3, 0.4) is 0 Å². The van der Waals surface area contributed by atoms with Gasteiger partial charge in [-0.15, -0.1) is 11.3 Å². The van der Waals surface area contributed by atoms with E-state index in [0.29, 0.717) is 5.15 Å². The summed E-state index contributed by atoms with van der Waals surface area (Å²) >= 11 is 7.72. The summed E-state index contributed by atoms with van der Waals surface area (Å²) in [6, 6.07) is 7.80.